The quantitative estimate of drug-likeness (QED) is 0.755. The van der Waals surface area contributed by atoms with Gasteiger partial charge in [-0.3, -0.25) is 0 Å². The molecule has 0 heterocycles. The highest BCUT2D eigenvalue weighted by molar-refractivity contribution is 4.91. The summed E-state index contributed by atoms with van der Waals surface area (Å²) in [6.07, 6.45) is 0.806. The van der Waals surface area contributed by atoms with Crippen molar-refractivity contribution in [3.63, 3.8) is 0 Å². The SMILES string of the molecule is CC1C(C)C(CC(O)C(C)(C)C)[C@@H](C)C1C. The van der Waals surface area contributed by atoms with Crippen LogP contribution < -0.4 is 0 Å². The fraction of sp³-hybridized carbons (Fsp3) is 1.00. The maximum absolute atomic E-state index is 10.3. The van der Waals surface area contributed by atoms with Gasteiger partial charge in [-0.1, -0.05) is 48.5 Å². The van der Waals surface area contributed by atoms with Crippen LogP contribution in [0.25, 0.3) is 0 Å². The van der Waals surface area contributed by atoms with Crippen molar-refractivity contribution in [2.24, 2.45) is 35.0 Å². The monoisotopic (exact) mass is 226 g/mol. The second-order valence-corrected chi connectivity index (χ2v) is 7.22. The fourth-order valence-electron chi connectivity index (χ4n) is 3.26. The Morgan fingerprint density at radius 3 is 1.56 bits per heavy atom. The Morgan fingerprint density at radius 1 is 0.875 bits per heavy atom. The van der Waals surface area contributed by atoms with E-state index in [4.69, 9.17) is 0 Å². The number of hydrogen-bond acceptors (Lipinski definition) is 1. The van der Waals surface area contributed by atoms with E-state index in [1.54, 1.807) is 0 Å². The van der Waals surface area contributed by atoms with Gasteiger partial charge >= 0.3 is 0 Å². The van der Waals surface area contributed by atoms with Crippen LogP contribution >= 0.6 is 0 Å². The zero-order valence-corrected chi connectivity index (χ0v) is 12.1. The smallest absolute Gasteiger partial charge is 0.0591 e. The van der Waals surface area contributed by atoms with Gasteiger partial charge in [0.05, 0.1) is 6.10 Å². The molecule has 0 aromatic rings. The van der Waals surface area contributed by atoms with Crippen LogP contribution in [0.2, 0.25) is 0 Å². The molecule has 1 fully saturated rings. The summed E-state index contributed by atoms with van der Waals surface area (Å²) in [6.45, 7) is 15.9. The van der Waals surface area contributed by atoms with Crippen molar-refractivity contribution in [2.75, 3.05) is 0 Å². The van der Waals surface area contributed by atoms with E-state index < -0.39 is 0 Å². The minimum Gasteiger partial charge on any atom is -0.393 e. The predicted molar refractivity (Wildman–Crippen MR) is 70.2 cm³/mol. The van der Waals surface area contributed by atoms with Crippen molar-refractivity contribution in [2.45, 2.75) is 61.0 Å². The maximum Gasteiger partial charge on any atom is 0.0591 e. The van der Waals surface area contributed by atoms with Gasteiger partial charge in [-0.2, -0.15) is 0 Å². The van der Waals surface area contributed by atoms with Gasteiger partial charge in [0.2, 0.25) is 0 Å². The maximum atomic E-state index is 10.3. The zero-order chi connectivity index (χ0) is 12.7. The molecule has 0 amide bonds. The van der Waals surface area contributed by atoms with Crippen LogP contribution in [-0.2, 0) is 0 Å². The Labute approximate surface area is 102 Å². The largest absolute Gasteiger partial charge is 0.393 e. The number of rotatable bonds is 2. The van der Waals surface area contributed by atoms with Gasteiger partial charge in [-0.15, -0.1) is 0 Å². The lowest BCUT2D eigenvalue weighted by atomic mass is 9.78. The summed E-state index contributed by atoms with van der Waals surface area (Å²) in [5.41, 5.74) is 0.0223. The van der Waals surface area contributed by atoms with E-state index in [-0.39, 0.29) is 11.5 Å². The Bertz CT molecular complexity index is 214. The first-order valence-electron chi connectivity index (χ1n) is 6.84. The average molecular weight is 226 g/mol. The number of aliphatic hydroxyl groups is 1. The van der Waals surface area contributed by atoms with Crippen molar-refractivity contribution in [3.05, 3.63) is 0 Å². The summed E-state index contributed by atoms with van der Waals surface area (Å²) in [7, 11) is 0. The molecular formula is C15H30O. The molecule has 0 aromatic heterocycles. The van der Waals surface area contributed by atoms with Crippen molar-refractivity contribution in [1.29, 1.82) is 0 Å². The molecule has 0 spiro atoms. The second-order valence-electron chi connectivity index (χ2n) is 7.22. The van der Waals surface area contributed by atoms with E-state index in [2.05, 4.69) is 48.5 Å². The number of aliphatic hydroxyl groups excluding tert-OH is 1. The molecule has 1 aliphatic carbocycles. The Morgan fingerprint density at radius 2 is 1.25 bits per heavy atom. The number of hydrogen-bond donors (Lipinski definition) is 1. The van der Waals surface area contributed by atoms with Crippen molar-refractivity contribution >= 4 is 0 Å². The Kier molecular flexibility index (Phi) is 4.10. The Hall–Kier alpha value is -0.0400. The summed E-state index contributed by atoms with van der Waals surface area (Å²) in [6, 6.07) is 0. The first-order valence-corrected chi connectivity index (χ1v) is 6.84. The van der Waals surface area contributed by atoms with Crippen LogP contribution in [0.4, 0.5) is 0 Å². The minimum atomic E-state index is -0.167. The van der Waals surface area contributed by atoms with Gasteiger partial charge in [-0.05, 0) is 41.4 Å². The van der Waals surface area contributed by atoms with Gasteiger partial charge in [-0.25, -0.2) is 0 Å². The van der Waals surface area contributed by atoms with Gasteiger partial charge in [0, 0.05) is 0 Å². The van der Waals surface area contributed by atoms with Crippen LogP contribution in [0.3, 0.4) is 0 Å². The fourth-order valence-corrected chi connectivity index (χ4v) is 3.26. The highest BCUT2D eigenvalue weighted by Gasteiger charge is 2.42. The lowest BCUT2D eigenvalue weighted by Crippen LogP contribution is -2.30. The third-order valence-corrected chi connectivity index (χ3v) is 5.33. The molecule has 6 atom stereocenters. The highest BCUT2D eigenvalue weighted by atomic mass is 16.3. The summed E-state index contributed by atoms with van der Waals surface area (Å²) < 4.78 is 0. The molecule has 96 valence electrons. The topological polar surface area (TPSA) is 20.2 Å². The standard InChI is InChI=1S/C15H30O/c1-9-10(2)12(4)13(11(9)3)8-14(16)15(5,6)7/h9-14,16H,8H2,1-7H3/t9?,10?,11-,12?,13?,14?/m0/s1. The molecular weight excluding hydrogens is 196 g/mol. The molecule has 1 aliphatic rings. The summed E-state index contributed by atoms with van der Waals surface area (Å²) in [5, 5.41) is 10.3. The van der Waals surface area contributed by atoms with Gasteiger partial charge in [0.25, 0.3) is 0 Å². The van der Waals surface area contributed by atoms with E-state index in [1.807, 2.05) is 0 Å². The lowest BCUT2D eigenvalue weighted by molar-refractivity contribution is 0.0291. The average Bonchev–Trinajstić information content (AvgIpc) is 2.34. The molecule has 1 nitrogen and oxygen atoms in total. The van der Waals surface area contributed by atoms with Crippen LogP contribution in [-0.4, -0.2) is 11.2 Å². The first kappa shape index (κ1) is 14.0. The normalized spacial score (nSPS) is 42.4. The second kappa shape index (κ2) is 4.68. The van der Waals surface area contributed by atoms with Crippen molar-refractivity contribution in [3.8, 4) is 0 Å². The van der Waals surface area contributed by atoms with Gasteiger partial charge in [0.1, 0.15) is 0 Å². The van der Waals surface area contributed by atoms with E-state index in [1.165, 1.54) is 0 Å². The molecule has 0 radical (unpaired) electrons. The molecule has 1 saturated carbocycles. The zero-order valence-electron chi connectivity index (χ0n) is 12.1. The molecule has 0 aromatic carbocycles. The van der Waals surface area contributed by atoms with Crippen LogP contribution in [0.1, 0.15) is 54.9 Å². The van der Waals surface area contributed by atoms with Gasteiger partial charge in [0.15, 0.2) is 0 Å². The third-order valence-electron chi connectivity index (χ3n) is 5.33. The molecule has 0 saturated heterocycles. The summed E-state index contributed by atoms with van der Waals surface area (Å²) in [5.74, 6) is 3.79. The predicted octanol–water partition coefficient (Wildman–Crippen LogP) is 3.96. The van der Waals surface area contributed by atoms with E-state index in [0.29, 0.717) is 5.92 Å². The van der Waals surface area contributed by atoms with E-state index >= 15 is 0 Å². The van der Waals surface area contributed by atoms with E-state index in [9.17, 15) is 5.11 Å². The third kappa shape index (κ3) is 2.61. The van der Waals surface area contributed by atoms with Crippen LogP contribution in [0.15, 0.2) is 0 Å². The summed E-state index contributed by atoms with van der Waals surface area (Å²) >= 11 is 0. The molecule has 0 aliphatic heterocycles. The molecule has 5 unspecified atom stereocenters. The highest BCUT2D eigenvalue weighted by Crippen LogP contribution is 2.48. The van der Waals surface area contributed by atoms with Crippen LogP contribution in [0.5, 0.6) is 0 Å². The lowest BCUT2D eigenvalue weighted by Gasteiger charge is -2.31. The van der Waals surface area contributed by atoms with Crippen molar-refractivity contribution in [1.82, 2.24) is 0 Å². The minimum absolute atomic E-state index is 0.0223. The Balaban J connectivity index is 2.68. The molecule has 16 heavy (non-hydrogen) atoms. The van der Waals surface area contributed by atoms with E-state index in [0.717, 1.165) is 30.1 Å². The summed E-state index contributed by atoms with van der Waals surface area (Å²) in [4.78, 5) is 0. The first-order chi connectivity index (χ1) is 7.16. The molecule has 1 heteroatoms. The molecule has 1 N–H and O–H groups in total. The molecule has 1 rings (SSSR count). The van der Waals surface area contributed by atoms with Gasteiger partial charge < -0.3 is 5.11 Å². The van der Waals surface area contributed by atoms with Crippen molar-refractivity contribution < 1.29 is 5.11 Å². The molecule has 0 bridgehead atoms. The van der Waals surface area contributed by atoms with Crippen LogP contribution in [0, 0.1) is 35.0 Å².